The van der Waals surface area contributed by atoms with E-state index in [9.17, 15) is 4.79 Å². The zero-order chi connectivity index (χ0) is 20.4. The van der Waals surface area contributed by atoms with Crippen LogP contribution in [0.15, 0.2) is 54.9 Å². The molecule has 2 N–H and O–H groups in total. The number of aryl methyl sites for hydroxylation is 1. The first-order valence-electron chi connectivity index (χ1n) is 9.05. The molecule has 0 aliphatic rings. The standard InChI is InChI=1S/C21H21N5O3/c1-26-9-8-22-20(26)18(13-10-14(28-2)12-15(11-13)29-3)23-21(27)19-16-6-4-5-7-17(16)24-25-19/h4-12,18H,1-3H3,(H,23,27)(H,24,25)/t18-/m0/s1. The Bertz CT molecular complexity index is 1140. The number of aromatic nitrogens is 4. The molecule has 2 aromatic heterocycles. The summed E-state index contributed by atoms with van der Waals surface area (Å²) in [5, 5.41) is 10.9. The monoisotopic (exact) mass is 391 g/mol. The summed E-state index contributed by atoms with van der Waals surface area (Å²) in [6.45, 7) is 0. The van der Waals surface area contributed by atoms with Crippen LogP contribution in [0.5, 0.6) is 11.5 Å². The van der Waals surface area contributed by atoms with Crippen molar-refractivity contribution in [1.29, 1.82) is 0 Å². The summed E-state index contributed by atoms with van der Waals surface area (Å²) in [4.78, 5) is 17.6. The molecule has 4 rings (SSSR count). The van der Waals surface area contributed by atoms with E-state index in [0.717, 1.165) is 16.5 Å². The largest absolute Gasteiger partial charge is 0.497 e. The number of imidazole rings is 1. The van der Waals surface area contributed by atoms with E-state index < -0.39 is 6.04 Å². The number of para-hydroxylation sites is 1. The number of H-pyrrole nitrogens is 1. The van der Waals surface area contributed by atoms with Crippen molar-refractivity contribution in [2.24, 2.45) is 7.05 Å². The molecule has 8 nitrogen and oxygen atoms in total. The van der Waals surface area contributed by atoms with E-state index in [1.54, 1.807) is 26.5 Å². The number of hydrogen-bond acceptors (Lipinski definition) is 5. The molecule has 0 fully saturated rings. The topological polar surface area (TPSA) is 94.1 Å². The van der Waals surface area contributed by atoms with Gasteiger partial charge in [0, 0.05) is 30.9 Å². The number of rotatable bonds is 6. The first-order chi connectivity index (χ1) is 14.1. The molecule has 0 saturated heterocycles. The Morgan fingerprint density at radius 2 is 1.86 bits per heavy atom. The van der Waals surface area contributed by atoms with Gasteiger partial charge in [-0.3, -0.25) is 9.89 Å². The highest BCUT2D eigenvalue weighted by Crippen LogP contribution is 2.30. The molecule has 0 spiro atoms. The smallest absolute Gasteiger partial charge is 0.273 e. The van der Waals surface area contributed by atoms with Gasteiger partial charge in [0.05, 0.1) is 19.7 Å². The maximum absolute atomic E-state index is 13.1. The molecule has 8 heteroatoms. The fourth-order valence-electron chi connectivity index (χ4n) is 3.28. The minimum atomic E-state index is -0.526. The van der Waals surface area contributed by atoms with Crippen LogP contribution in [-0.2, 0) is 7.05 Å². The van der Waals surface area contributed by atoms with Gasteiger partial charge >= 0.3 is 0 Å². The molecule has 29 heavy (non-hydrogen) atoms. The van der Waals surface area contributed by atoms with Crippen LogP contribution in [0.3, 0.4) is 0 Å². The fourth-order valence-corrected chi connectivity index (χ4v) is 3.28. The maximum Gasteiger partial charge on any atom is 0.273 e. The summed E-state index contributed by atoms with van der Waals surface area (Å²) < 4.78 is 12.6. The summed E-state index contributed by atoms with van der Waals surface area (Å²) in [6.07, 6.45) is 3.52. The van der Waals surface area contributed by atoms with Crippen LogP contribution in [0.25, 0.3) is 10.9 Å². The molecule has 0 radical (unpaired) electrons. The van der Waals surface area contributed by atoms with Crippen LogP contribution in [0.2, 0.25) is 0 Å². The van der Waals surface area contributed by atoms with Gasteiger partial charge in [-0.2, -0.15) is 5.10 Å². The zero-order valence-electron chi connectivity index (χ0n) is 16.3. The zero-order valence-corrected chi connectivity index (χ0v) is 16.3. The highest BCUT2D eigenvalue weighted by molar-refractivity contribution is 6.04. The number of nitrogens with one attached hydrogen (secondary N) is 2. The van der Waals surface area contributed by atoms with Crippen molar-refractivity contribution < 1.29 is 14.3 Å². The molecule has 0 bridgehead atoms. The van der Waals surface area contributed by atoms with Gasteiger partial charge in [0.15, 0.2) is 5.69 Å². The predicted octanol–water partition coefficient (Wildman–Crippen LogP) is 2.83. The van der Waals surface area contributed by atoms with E-state index in [2.05, 4.69) is 20.5 Å². The summed E-state index contributed by atoms with van der Waals surface area (Å²) in [5.41, 5.74) is 1.91. The maximum atomic E-state index is 13.1. The Morgan fingerprint density at radius 1 is 1.14 bits per heavy atom. The van der Waals surface area contributed by atoms with E-state index in [1.165, 1.54) is 0 Å². The number of aromatic amines is 1. The summed E-state index contributed by atoms with van der Waals surface area (Å²) in [6, 6.07) is 12.5. The van der Waals surface area contributed by atoms with Gasteiger partial charge in [-0.25, -0.2) is 4.98 Å². The lowest BCUT2D eigenvalue weighted by molar-refractivity contribution is 0.0937. The number of carbonyl (C=O) groups is 1. The van der Waals surface area contributed by atoms with Crippen molar-refractivity contribution in [3.05, 3.63) is 71.9 Å². The Hall–Kier alpha value is -3.81. The minimum absolute atomic E-state index is 0.308. The number of carbonyl (C=O) groups excluding carboxylic acids is 1. The fraction of sp³-hybridized carbons (Fsp3) is 0.190. The second-order valence-electron chi connectivity index (χ2n) is 6.57. The van der Waals surface area contributed by atoms with Crippen molar-refractivity contribution in [2.75, 3.05) is 14.2 Å². The van der Waals surface area contributed by atoms with Crippen molar-refractivity contribution >= 4 is 16.8 Å². The van der Waals surface area contributed by atoms with E-state index in [0.29, 0.717) is 23.0 Å². The first-order valence-corrected chi connectivity index (χ1v) is 9.05. The average Bonchev–Trinajstić information content (AvgIpc) is 3.37. The average molecular weight is 391 g/mol. The lowest BCUT2D eigenvalue weighted by Crippen LogP contribution is -2.31. The second-order valence-corrected chi connectivity index (χ2v) is 6.57. The van der Waals surface area contributed by atoms with Crippen LogP contribution >= 0.6 is 0 Å². The van der Waals surface area contributed by atoms with Gasteiger partial charge in [-0.05, 0) is 23.8 Å². The number of fused-ring (bicyclic) bond motifs is 1. The van der Waals surface area contributed by atoms with Gasteiger partial charge in [0.1, 0.15) is 23.4 Å². The molecular formula is C21H21N5O3. The van der Waals surface area contributed by atoms with Gasteiger partial charge in [0.25, 0.3) is 5.91 Å². The molecular weight excluding hydrogens is 370 g/mol. The minimum Gasteiger partial charge on any atom is -0.497 e. The Balaban J connectivity index is 1.76. The van der Waals surface area contributed by atoms with Crippen LogP contribution in [0.4, 0.5) is 0 Å². The van der Waals surface area contributed by atoms with E-state index in [4.69, 9.17) is 9.47 Å². The SMILES string of the molecule is COc1cc(OC)cc([C@H](NC(=O)c2n[nH]c3ccccc23)c2nccn2C)c1. The third kappa shape index (κ3) is 3.52. The lowest BCUT2D eigenvalue weighted by Gasteiger charge is -2.20. The van der Waals surface area contributed by atoms with E-state index >= 15 is 0 Å². The van der Waals surface area contributed by atoms with Crippen LogP contribution < -0.4 is 14.8 Å². The van der Waals surface area contributed by atoms with Crippen molar-refractivity contribution in [3.63, 3.8) is 0 Å². The number of hydrogen-bond donors (Lipinski definition) is 2. The molecule has 2 heterocycles. The highest BCUT2D eigenvalue weighted by atomic mass is 16.5. The number of benzene rings is 2. The van der Waals surface area contributed by atoms with Gasteiger partial charge < -0.3 is 19.4 Å². The molecule has 148 valence electrons. The number of nitrogens with zero attached hydrogens (tertiary/aromatic N) is 3. The van der Waals surface area contributed by atoms with Gasteiger partial charge in [-0.1, -0.05) is 18.2 Å². The predicted molar refractivity (Wildman–Crippen MR) is 108 cm³/mol. The number of amides is 1. The van der Waals surface area contributed by atoms with Gasteiger partial charge in [-0.15, -0.1) is 0 Å². The van der Waals surface area contributed by atoms with E-state index in [1.807, 2.05) is 54.2 Å². The number of methoxy groups -OCH3 is 2. The Morgan fingerprint density at radius 3 is 2.52 bits per heavy atom. The van der Waals surface area contributed by atoms with Crippen molar-refractivity contribution in [2.45, 2.75) is 6.04 Å². The molecule has 0 saturated carbocycles. The summed E-state index contributed by atoms with van der Waals surface area (Å²) in [5.74, 6) is 1.61. The molecule has 0 aliphatic carbocycles. The van der Waals surface area contributed by atoms with Crippen LogP contribution in [-0.4, -0.2) is 39.9 Å². The van der Waals surface area contributed by atoms with Gasteiger partial charge in [0.2, 0.25) is 0 Å². The third-order valence-electron chi connectivity index (χ3n) is 4.78. The molecule has 2 aromatic carbocycles. The van der Waals surface area contributed by atoms with Crippen LogP contribution in [0, 0.1) is 0 Å². The Labute approximate surface area is 167 Å². The van der Waals surface area contributed by atoms with Crippen molar-refractivity contribution in [3.8, 4) is 11.5 Å². The first kappa shape index (κ1) is 18.5. The summed E-state index contributed by atoms with van der Waals surface area (Å²) in [7, 11) is 5.05. The second kappa shape index (κ2) is 7.67. The highest BCUT2D eigenvalue weighted by Gasteiger charge is 2.25. The normalized spacial score (nSPS) is 12.0. The molecule has 1 amide bonds. The van der Waals surface area contributed by atoms with Crippen LogP contribution in [0.1, 0.15) is 27.9 Å². The van der Waals surface area contributed by atoms with E-state index in [-0.39, 0.29) is 5.91 Å². The van der Waals surface area contributed by atoms with Crippen molar-refractivity contribution in [1.82, 2.24) is 25.1 Å². The quantitative estimate of drug-likeness (QED) is 0.527. The molecule has 4 aromatic rings. The molecule has 0 aliphatic heterocycles. The molecule has 0 unspecified atom stereocenters. The summed E-state index contributed by atoms with van der Waals surface area (Å²) >= 11 is 0. The third-order valence-corrected chi connectivity index (χ3v) is 4.78. The number of ether oxygens (including phenoxy) is 2. The lowest BCUT2D eigenvalue weighted by atomic mass is 10.0. The Kier molecular flexibility index (Phi) is 4.90. The molecule has 1 atom stereocenters.